The summed E-state index contributed by atoms with van der Waals surface area (Å²) in [5.41, 5.74) is 17.7. The number of hydrogen-bond acceptors (Lipinski definition) is 27. The van der Waals surface area contributed by atoms with E-state index in [4.69, 9.17) is 17.2 Å². The second-order valence-corrected chi connectivity index (χ2v) is 32.9. The van der Waals surface area contributed by atoms with Crippen molar-refractivity contribution < 1.29 is 102 Å². The predicted molar refractivity (Wildman–Crippen MR) is 407 cm³/mol. The molecule has 24 N–H and O–H groups in total. The zero-order valence-electron chi connectivity index (χ0n) is 62.6. The summed E-state index contributed by atoms with van der Waals surface area (Å²) < 4.78 is 0. The van der Waals surface area contributed by atoms with Crippen LogP contribution >= 0.6 is 43.2 Å². The van der Waals surface area contributed by atoms with Crippen molar-refractivity contribution in [3.63, 3.8) is 0 Å². The number of aliphatic carboxylic acids is 1. The number of rotatable bonds is 18. The maximum Gasteiger partial charge on any atom is 0.303 e. The minimum Gasteiger partial charge on any atom is -0.481 e. The summed E-state index contributed by atoms with van der Waals surface area (Å²) in [6.45, 7) is 4.39. The Morgan fingerprint density at radius 1 is 0.531 bits per heavy atom. The number of nitrogens with one attached hydrogen (secondary N) is 15. The first-order chi connectivity index (χ1) is 53.6. The van der Waals surface area contributed by atoms with Gasteiger partial charge in [0.05, 0.1) is 38.8 Å². The highest BCUT2D eigenvalue weighted by atomic mass is 33.1. The number of aromatic nitrogens is 4. The average molecular weight is 1670 g/mol. The van der Waals surface area contributed by atoms with E-state index in [-0.39, 0.29) is 82.5 Å². The van der Waals surface area contributed by atoms with Gasteiger partial charge in [-0.3, -0.25) is 86.3 Å². The van der Waals surface area contributed by atoms with Crippen molar-refractivity contribution >= 4 is 150 Å². The number of H-pyrrole nitrogens is 2. The first-order valence-electron chi connectivity index (χ1n) is 36.3. The molecule has 17 amide bonds. The first-order valence-corrected chi connectivity index (χ1v) is 41.3. The van der Waals surface area contributed by atoms with Gasteiger partial charge in [0.2, 0.25) is 100 Å². The molecule has 6 heterocycles. The van der Waals surface area contributed by atoms with E-state index in [1.165, 1.54) is 45.8 Å². The van der Waals surface area contributed by atoms with Crippen LogP contribution in [0.3, 0.4) is 0 Å². The molecule has 0 spiro atoms. The van der Waals surface area contributed by atoms with Gasteiger partial charge in [-0.1, -0.05) is 70.9 Å². The van der Waals surface area contributed by atoms with Crippen molar-refractivity contribution in [2.24, 2.45) is 29.0 Å². The highest BCUT2D eigenvalue weighted by molar-refractivity contribution is 8.77. The fourth-order valence-corrected chi connectivity index (χ4v) is 16.9. The normalized spacial score (nSPS) is 27.8. The van der Waals surface area contributed by atoms with E-state index in [2.05, 4.69) is 89.1 Å². The maximum absolute atomic E-state index is 14.9. The summed E-state index contributed by atoms with van der Waals surface area (Å²) in [6.07, 6.45) is 2.95. The van der Waals surface area contributed by atoms with Crippen LogP contribution in [-0.2, 0) is 99.1 Å². The van der Waals surface area contributed by atoms with Gasteiger partial charge in [0.1, 0.15) is 90.6 Å². The number of imidazole rings is 2. The van der Waals surface area contributed by atoms with Gasteiger partial charge in [0.15, 0.2) is 0 Å². The summed E-state index contributed by atoms with van der Waals surface area (Å²) >= 11 is 0. The van der Waals surface area contributed by atoms with Crippen LogP contribution in [0.25, 0.3) is 0 Å². The molecule has 0 aromatic carbocycles. The number of hydrogen-bond donors (Lipinski definition) is 21. The van der Waals surface area contributed by atoms with E-state index in [9.17, 15) is 102 Å². The third-order valence-corrected chi connectivity index (χ3v) is 23.1. The van der Waals surface area contributed by atoms with Gasteiger partial charge in [-0.2, -0.15) is 0 Å². The second-order valence-electron chi connectivity index (χ2n) is 27.8. The molecule has 4 aliphatic heterocycles. The van der Waals surface area contributed by atoms with Crippen LogP contribution in [0.5, 0.6) is 0 Å². The molecule has 43 nitrogen and oxygen atoms in total. The van der Waals surface area contributed by atoms with Crippen LogP contribution in [0.4, 0.5) is 0 Å². The highest BCUT2D eigenvalue weighted by Crippen LogP contribution is 2.27. The largest absolute Gasteiger partial charge is 0.481 e. The minimum absolute atomic E-state index is 0.0210. The molecule has 113 heavy (non-hydrogen) atoms. The Morgan fingerprint density at radius 3 is 1.46 bits per heavy atom. The van der Waals surface area contributed by atoms with Gasteiger partial charge in [-0.15, -0.1) is 0 Å². The molecule has 6 rings (SSSR count). The summed E-state index contributed by atoms with van der Waals surface area (Å²) in [5, 5.41) is 63.4. The smallest absolute Gasteiger partial charge is 0.303 e. The van der Waals surface area contributed by atoms with Crippen LogP contribution in [0.15, 0.2) is 25.0 Å². The van der Waals surface area contributed by atoms with Crippen LogP contribution in [-0.4, -0.2) is 298 Å². The van der Waals surface area contributed by atoms with Crippen molar-refractivity contribution in [2.45, 2.75) is 196 Å². The van der Waals surface area contributed by atoms with Crippen molar-refractivity contribution in [3.8, 4) is 0 Å². The van der Waals surface area contributed by atoms with Gasteiger partial charge >= 0.3 is 5.97 Å². The SMILES string of the molecule is CC(C)C[C@@H]1NC(=O)C(CCCC(=O)O)NC(=O)[C@@H]2CCCN2C(=O)[C@H](Cc2cnc[nH]2)NC(=O)[C@H](CC(N)=O)NC(=O)[C@H](C(C)C)NC(=O)[C@H](CO)NC(=O)[C@@H]2CSSC[C@H](NC(=O)CN)C(=O)N[C@@H](CSSC[C@@H](C(N)=O)NC1=O)C(=O)N[C@@H](CO)C(=O)N[C@@H](Cc1cnc[nH]1)C(=O)N1CCC[C@H]1C(=O)N[C@@H](C)C(=O)N2. The van der Waals surface area contributed by atoms with E-state index < -0.39 is 259 Å². The Morgan fingerprint density at radius 2 is 0.982 bits per heavy atom. The molecular weight excluding hydrogens is 1570 g/mol. The lowest BCUT2D eigenvalue weighted by atomic mass is 10.0. The Kier molecular flexibility index (Phi) is 36.8. The molecule has 0 radical (unpaired) electrons. The van der Waals surface area contributed by atoms with Crippen LogP contribution in [0.1, 0.15) is 104 Å². The lowest BCUT2D eigenvalue weighted by molar-refractivity contribution is -0.143. The molecule has 0 aliphatic carbocycles. The van der Waals surface area contributed by atoms with Gasteiger partial charge in [0.25, 0.3) is 0 Å². The number of aliphatic hydroxyl groups excluding tert-OH is 2. The monoisotopic (exact) mass is 1660 g/mol. The van der Waals surface area contributed by atoms with Gasteiger partial charge in [-0.25, -0.2) is 9.97 Å². The molecule has 2 bridgehead atoms. The summed E-state index contributed by atoms with van der Waals surface area (Å²) in [7, 11) is 3.20. The maximum atomic E-state index is 14.9. The average Bonchev–Trinajstić information content (AvgIpc) is 1.71. The van der Waals surface area contributed by atoms with E-state index in [0.717, 1.165) is 53.0 Å². The quantitative estimate of drug-likeness (QED) is 0.0616. The molecule has 2 aromatic heterocycles. The fraction of sp³-hybridized carbons (Fsp3) is 0.636. The molecule has 4 saturated heterocycles. The van der Waals surface area contributed by atoms with Crippen LogP contribution in [0.2, 0.25) is 0 Å². The number of carboxylic acid groups (broad SMARTS) is 1. The Hall–Kier alpha value is -9.84. The van der Waals surface area contributed by atoms with Crippen LogP contribution < -0.4 is 86.3 Å². The van der Waals surface area contributed by atoms with Gasteiger partial charge < -0.3 is 121 Å². The third-order valence-electron chi connectivity index (χ3n) is 18.3. The lowest BCUT2D eigenvalue weighted by Gasteiger charge is -2.31. The number of aromatic amines is 2. The molecule has 4 fully saturated rings. The molecule has 4 aliphatic rings. The number of primary amides is 2. The van der Waals surface area contributed by atoms with Crippen molar-refractivity contribution in [3.05, 3.63) is 36.4 Å². The zero-order chi connectivity index (χ0) is 83.3. The molecule has 624 valence electrons. The van der Waals surface area contributed by atoms with E-state index >= 15 is 0 Å². The van der Waals surface area contributed by atoms with Gasteiger partial charge in [-0.05, 0) is 63.7 Å². The second kappa shape index (κ2) is 45.2. The Balaban J connectivity index is 1.45. The van der Waals surface area contributed by atoms with E-state index in [1.807, 2.05) is 0 Å². The predicted octanol–water partition coefficient (Wildman–Crippen LogP) is -8.73. The zero-order valence-corrected chi connectivity index (χ0v) is 65.9. The molecule has 0 saturated carbocycles. The van der Waals surface area contributed by atoms with E-state index in [0.29, 0.717) is 5.69 Å². The van der Waals surface area contributed by atoms with Gasteiger partial charge in [0, 0.05) is 79.1 Å². The number of carboxylic acids is 1. The standard InChI is InChI=1S/C66H100N22O21S4/c1-30(2)15-36-55(98)83-42(52(69)95)24-110-112-27-45-61(104)81-40(22-89)57(100)80-39(17-34-21-71-29-73-34)66(109)87-13-7-10-46(87)62(105)74-32(5)53(96)84-44(26-113-111-25-43(59(102)85-45)75-49(92)19-67)60(103)82-41(23-90)58(101)86-51(31(3)4)64(107)78-37(18-48(68)91)56(99)79-38(16-33-20-70-28-72-33)65(108)88-14-8-11-47(88)63(106)76-35(54(97)77-36)9-6-12-50(93)94/h20-21,28-32,35-47,51,89-90H,6-19,22-27,67H2,1-5H3,(H2,68,91)(H2,69,95)(H,70,72)(H,71,73)(H,74,105)(H,75,92)(H,76,106)(H,77,97)(H,78,107)(H,79,99)(H,80,100)(H,81,104)(H,82,103)(H,83,98)(H,84,96)(H,85,102)(H,86,101)(H,93,94)/t32-,35?,36-,37-,38-,39-,40-,41-,42-,43-,44-,45-,46-,47-,51-/m0/s1. The number of nitrogens with zero attached hydrogens (tertiary/aromatic N) is 4. The van der Waals surface area contributed by atoms with Crippen molar-refractivity contribution in [1.29, 1.82) is 0 Å². The lowest BCUT2D eigenvalue weighted by Crippen LogP contribution is -2.62. The molecular formula is C66H100N22O21S4. The number of amides is 17. The number of fused-ring (bicyclic) bond motifs is 10. The molecule has 1 unspecified atom stereocenters. The fourth-order valence-electron chi connectivity index (χ4n) is 12.2. The summed E-state index contributed by atoms with van der Waals surface area (Å²) in [4.78, 5) is 270. The summed E-state index contributed by atoms with van der Waals surface area (Å²) in [6, 6.07) is -24.5. The highest BCUT2D eigenvalue weighted by Gasteiger charge is 2.44. The third kappa shape index (κ3) is 28.3. The number of nitrogens with two attached hydrogens (primary N) is 3. The molecule has 15 atom stereocenters. The Bertz CT molecular complexity index is 3730. The minimum atomic E-state index is -1.95. The molecule has 2 aromatic rings. The number of carbonyl (C=O) groups excluding carboxylic acids is 17. The van der Waals surface area contributed by atoms with Crippen molar-refractivity contribution in [2.75, 3.05) is 55.9 Å². The topological polar surface area (TPSA) is 666 Å². The van der Waals surface area contributed by atoms with E-state index in [1.54, 1.807) is 13.8 Å². The summed E-state index contributed by atoms with van der Waals surface area (Å²) in [5.74, 6) is -22.1. The van der Waals surface area contributed by atoms with Crippen LogP contribution in [0, 0.1) is 11.8 Å². The van der Waals surface area contributed by atoms with Crippen molar-refractivity contribution in [1.82, 2.24) is 98.9 Å². The number of carbonyl (C=O) groups is 18. The molecule has 47 heteroatoms. The number of aliphatic hydroxyl groups is 2. The first kappa shape index (κ1) is 92.0. The Labute approximate surface area is 663 Å².